The second-order valence-electron chi connectivity index (χ2n) is 4.25. The minimum Gasteiger partial charge on any atom is -0.326 e. The first-order chi connectivity index (χ1) is 8.52. The van der Waals surface area contributed by atoms with Crippen molar-refractivity contribution in [3.05, 3.63) is 35.1 Å². The molecule has 0 spiro atoms. The highest BCUT2D eigenvalue weighted by atomic mass is 19.1. The van der Waals surface area contributed by atoms with Gasteiger partial charge in [-0.05, 0) is 17.7 Å². The maximum absolute atomic E-state index is 13.6. The molecule has 1 saturated heterocycles. The fourth-order valence-electron chi connectivity index (χ4n) is 1.87. The van der Waals surface area contributed by atoms with Gasteiger partial charge in [-0.3, -0.25) is 9.69 Å². The maximum Gasteiger partial charge on any atom is 0.327 e. The van der Waals surface area contributed by atoms with Gasteiger partial charge in [0, 0.05) is 19.2 Å². The number of imide groups is 1. The molecule has 3 amide bonds. The second-order valence-corrected chi connectivity index (χ2v) is 4.25. The highest BCUT2D eigenvalue weighted by Gasteiger charge is 2.33. The third-order valence-electron chi connectivity index (χ3n) is 2.91. The molecule has 1 fully saturated rings. The first kappa shape index (κ1) is 12.5. The molecular weight excluding hydrogens is 237 g/mol. The van der Waals surface area contributed by atoms with Crippen LogP contribution in [0.25, 0.3) is 0 Å². The van der Waals surface area contributed by atoms with Crippen molar-refractivity contribution in [3.63, 3.8) is 0 Å². The molecule has 5 nitrogen and oxygen atoms in total. The molecular formula is C12H14FN3O2. The lowest BCUT2D eigenvalue weighted by molar-refractivity contribution is -0.125. The fourth-order valence-corrected chi connectivity index (χ4v) is 1.87. The van der Waals surface area contributed by atoms with Crippen molar-refractivity contribution >= 4 is 11.9 Å². The molecule has 2 N–H and O–H groups in total. The average molecular weight is 251 g/mol. The molecule has 2 rings (SSSR count). The van der Waals surface area contributed by atoms with Crippen LogP contribution < -0.4 is 5.73 Å². The SMILES string of the molecule is CN1CC(=O)N(Cc2cc(CN)ccc2F)C1=O. The van der Waals surface area contributed by atoms with Crippen LogP contribution in [0.3, 0.4) is 0 Å². The van der Waals surface area contributed by atoms with Gasteiger partial charge in [-0.2, -0.15) is 0 Å². The van der Waals surface area contributed by atoms with Crippen molar-refractivity contribution < 1.29 is 14.0 Å². The Kier molecular flexibility index (Phi) is 3.29. The van der Waals surface area contributed by atoms with Gasteiger partial charge in [-0.25, -0.2) is 9.18 Å². The zero-order valence-corrected chi connectivity index (χ0v) is 10.0. The number of hydrogen-bond acceptors (Lipinski definition) is 3. The predicted octanol–water partition coefficient (Wildman–Crippen LogP) is 0.678. The van der Waals surface area contributed by atoms with Crippen LogP contribution in [0.4, 0.5) is 9.18 Å². The van der Waals surface area contributed by atoms with Crippen LogP contribution in [-0.4, -0.2) is 35.3 Å². The number of likely N-dealkylation sites (N-methyl/N-ethyl adjacent to an activating group) is 1. The minimum absolute atomic E-state index is 0.0387. The second kappa shape index (κ2) is 4.73. The number of halogens is 1. The Morgan fingerprint density at radius 2 is 2.11 bits per heavy atom. The lowest BCUT2D eigenvalue weighted by Crippen LogP contribution is -2.31. The molecule has 6 heteroatoms. The number of benzene rings is 1. The van der Waals surface area contributed by atoms with Gasteiger partial charge in [-0.1, -0.05) is 6.07 Å². The monoisotopic (exact) mass is 251 g/mol. The van der Waals surface area contributed by atoms with Gasteiger partial charge in [0.25, 0.3) is 5.91 Å². The summed E-state index contributed by atoms with van der Waals surface area (Å²) in [6, 6.07) is 4.05. The van der Waals surface area contributed by atoms with Crippen molar-refractivity contribution in [2.24, 2.45) is 5.73 Å². The quantitative estimate of drug-likeness (QED) is 0.803. The number of carbonyl (C=O) groups excluding carboxylic acids is 2. The summed E-state index contributed by atoms with van der Waals surface area (Å²) >= 11 is 0. The summed E-state index contributed by atoms with van der Waals surface area (Å²) in [5, 5.41) is 0. The molecule has 1 aromatic carbocycles. The number of nitrogens with zero attached hydrogens (tertiary/aromatic N) is 2. The standard InChI is InChI=1S/C12H14FN3O2/c1-15-7-11(17)16(12(15)18)6-9-4-8(5-14)2-3-10(9)13/h2-4H,5-7,14H2,1H3. The Morgan fingerprint density at radius 1 is 1.39 bits per heavy atom. The minimum atomic E-state index is -0.442. The summed E-state index contributed by atoms with van der Waals surface area (Å²) in [4.78, 5) is 25.6. The van der Waals surface area contributed by atoms with E-state index in [0.717, 1.165) is 10.5 Å². The average Bonchev–Trinajstić information content (AvgIpc) is 2.58. The molecule has 0 aromatic heterocycles. The van der Waals surface area contributed by atoms with E-state index >= 15 is 0 Å². The lowest BCUT2D eigenvalue weighted by atomic mass is 10.1. The van der Waals surface area contributed by atoms with Crippen LogP contribution in [0.2, 0.25) is 0 Å². The van der Waals surface area contributed by atoms with Crippen LogP contribution in [0.5, 0.6) is 0 Å². The third kappa shape index (κ3) is 2.19. The molecule has 0 atom stereocenters. The lowest BCUT2D eigenvalue weighted by Gasteiger charge is -2.15. The van der Waals surface area contributed by atoms with E-state index in [9.17, 15) is 14.0 Å². The Bertz CT molecular complexity index is 504. The van der Waals surface area contributed by atoms with Crippen LogP contribution in [0.15, 0.2) is 18.2 Å². The first-order valence-corrected chi connectivity index (χ1v) is 5.55. The van der Waals surface area contributed by atoms with E-state index in [4.69, 9.17) is 5.73 Å². The Labute approximate surface area is 104 Å². The summed E-state index contributed by atoms with van der Waals surface area (Å²) in [5.74, 6) is -0.762. The van der Waals surface area contributed by atoms with Crippen LogP contribution in [0, 0.1) is 5.82 Å². The van der Waals surface area contributed by atoms with Gasteiger partial charge >= 0.3 is 6.03 Å². The molecule has 1 aliphatic rings. The summed E-state index contributed by atoms with van der Waals surface area (Å²) in [7, 11) is 1.53. The summed E-state index contributed by atoms with van der Waals surface area (Å²) < 4.78 is 13.6. The zero-order chi connectivity index (χ0) is 13.3. The van der Waals surface area contributed by atoms with Crippen LogP contribution >= 0.6 is 0 Å². The largest absolute Gasteiger partial charge is 0.327 e. The van der Waals surface area contributed by atoms with Gasteiger partial charge in [-0.15, -0.1) is 0 Å². The molecule has 0 bridgehead atoms. The van der Waals surface area contributed by atoms with E-state index in [1.54, 1.807) is 12.1 Å². The van der Waals surface area contributed by atoms with E-state index < -0.39 is 11.8 Å². The number of nitrogens with two attached hydrogens (primary N) is 1. The van der Waals surface area contributed by atoms with Gasteiger partial charge in [0.1, 0.15) is 12.4 Å². The van der Waals surface area contributed by atoms with E-state index in [1.165, 1.54) is 18.0 Å². The predicted molar refractivity (Wildman–Crippen MR) is 62.9 cm³/mol. The molecule has 1 heterocycles. The van der Waals surface area contributed by atoms with Crippen molar-refractivity contribution in [1.82, 2.24) is 9.80 Å². The third-order valence-corrected chi connectivity index (χ3v) is 2.91. The summed E-state index contributed by atoms with van der Waals surface area (Å²) in [5.41, 5.74) is 6.54. The zero-order valence-electron chi connectivity index (χ0n) is 10.0. The topological polar surface area (TPSA) is 66.6 Å². The molecule has 0 unspecified atom stereocenters. The number of rotatable bonds is 3. The van der Waals surface area contributed by atoms with E-state index in [-0.39, 0.29) is 25.5 Å². The van der Waals surface area contributed by atoms with Crippen molar-refractivity contribution in [3.8, 4) is 0 Å². The van der Waals surface area contributed by atoms with Gasteiger partial charge in [0.05, 0.1) is 6.54 Å². The molecule has 1 aliphatic heterocycles. The Morgan fingerprint density at radius 3 is 2.67 bits per heavy atom. The number of hydrogen-bond donors (Lipinski definition) is 1. The van der Waals surface area contributed by atoms with Gasteiger partial charge < -0.3 is 10.6 Å². The van der Waals surface area contributed by atoms with E-state index in [1.807, 2.05) is 0 Å². The number of carbonyl (C=O) groups is 2. The Hall–Kier alpha value is -1.95. The molecule has 0 radical (unpaired) electrons. The Balaban J connectivity index is 2.24. The van der Waals surface area contributed by atoms with Crippen LogP contribution in [-0.2, 0) is 17.9 Å². The first-order valence-electron chi connectivity index (χ1n) is 5.55. The van der Waals surface area contributed by atoms with E-state index in [2.05, 4.69) is 0 Å². The van der Waals surface area contributed by atoms with Crippen molar-refractivity contribution in [2.45, 2.75) is 13.1 Å². The van der Waals surface area contributed by atoms with Crippen LogP contribution in [0.1, 0.15) is 11.1 Å². The number of urea groups is 1. The number of amides is 3. The van der Waals surface area contributed by atoms with Gasteiger partial charge in [0.2, 0.25) is 0 Å². The maximum atomic E-state index is 13.6. The molecule has 0 aliphatic carbocycles. The fraction of sp³-hybridized carbons (Fsp3) is 0.333. The van der Waals surface area contributed by atoms with Gasteiger partial charge in [0.15, 0.2) is 0 Å². The molecule has 1 aromatic rings. The molecule has 18 heavy (non-hydrogen) atoms. The summed E-state index contributed by atoms with van der Waals surface area (Å²) in [6.07, 6.45) is 0. The van der Waals surface area contributed by atoms with Crippen molar-refractivity contribution in [1.29, 1.82) is 0 Å². The smallest absolute Gasteiger partial charge is 0.326 e. The molecule has 96 valence electrons. The normalized spacial score (nSPS) is 15.7. The van der Waals surface area contributed by atoms with Crippen molar-refractivity contribution in [2.75, 3.05) is 13.6 Å². The summed E-state index contributed by atoms with van der Waals surface area (Å²) in [6.45, 7) is 0.272. The molecule has 0 saturated carbocycles. The highest BCUT2D eigenvalue weighted by Crippen LogP contribution is 2.17. The van der Waals surface area contributed by atoms with E-state index in [0.29, 0.717) is 5.56 Å². The highest BCUT2D eigenvalue weighted by molar-refractivity contribution is 6.01.